The fourth-order valence-corrected chi connectivity index (χ4v) is 6.90. The van der Waals surface area contributed by atoms with Gasteiger partial charge in [-0.05, 0) is 104 Å². The maximum Gasteiger partial charge on any atom is 0.227 e. The molecule has 0 aliphatic carbocycles. The van der Waals surface area contributed by atoms with Gasteiger partial charge in [0.15, 0.2) is 5.58 Å². The molecule has 1 aliphatic rings. The molecule has 204 valence electrons. The molecule has 5 aromatic rings. The van der Waals surface area contributed by atoms with Crippen LogP contribution in [-0.2, 0) is 6.61 Å². The fourth-order valence-electron chi connectivity index (χ4n) is 5.40. The van der Waals surface area contributed by atoms with Gasteiger partial charge in [0.2, 0.25) is 5.89 Å². The van der Waals surface area contributed by atoms with E-state index in [-0.39, 0.29) is 6.61 Å². The smallest absolute Gasteiger partial charge is 0.227 e. The quantitative estimate of drug-likeness (QED) is 0.214. The van der Waals surface area contributed by atoms with Crippen LogP contribution in [0.15, 0.2) is 81.2 Å². The van der Waals surface area contributed by atoms with Crippen LogP contribution in [-0.4, -0.2) is 40.1 Å². The molecule has 1 fully saturated rings. The summed E-state index contributed by atoms with van der Waals surface area (Å²) < 4.78 is 6.08. The van der Waals surface area contributed by atoms with Crippen LogP contribution in [0.5, 0.6) is 0 Å². The number of piperidine rings is 1. The van der Waals surface area contributed by atoms with E-state index in [4.69, 9.17) is 27.6 Å². The number of aromatic nitrogens is 2. The number of nitrogens with zero attached hydrogens (tertiary/aromatic N) is 3. The van der Waals surface area contributed by atoms with Crippen LogP contribution >= 0.6 is 35.0 Å². The van der Waals surface area contributed by atoms with Gasteiger partial charge in [0.05, 0.1) is 16.7 Å². The molecule has 0 atom stereocenters. The number of likely N-dealkylation sites (tertiary alicyclic amines) is 1. The summed E-state index contributed by atoms with van der Waals surface area (Å²) >= 11 is 15.1. The SMILES string of the molecule is Cc1c(-c2nc3cc(CO)cc(Cl)c3o2)cccc1-c1cccc(Sc2cc(C3CCN(C)CC3)ccn2)c1Cl. The second-order valence-corrected chi connectivity index (χ2v) is 12.2. The second-order valence-electron chi connectivity index (χ2n) is 10.3. The molecule has 1 aliphatic heterocycles. The third-order valence-corrected chi connectivity index (χ3v) is 9.46. The van der Waals surface area contributed by atoms with Gasteiger partial charge in [-0.15, -0.1) is 0 Å². The summed E-state index contributed by atoms with van der Waals surface area (Å²) in [5.41, 5.74) is 6.96. The van der Waals surface area contributed by atoms with Gasteiger partial charge in [-0.2, -0.15) is 0 Å². The Hall–Kier alpha value is -2.87. The average Bonchev–Trinajstić information content (AvgIpc) is 3.40. The van der Waals surface area contributed by atoms with Crippen LogP contribution in [0.4, 0.5) is 0 Å². The van der Waals surface area contributed by atoms with E-state index < -0.39 is 0 Å². The van der Waals surface area contributed by atoms with Crippen molar-refractivity contribution in [2.24, 2.45) is 0 Å². The van der Waals surface area contributed by atoms with Crippen molar-refractivity contribution in [1.82, 2.24) is 14.9 Å². The normalized spacial score (nSPS) is 14.7. The highest BCUT2D eigenvalue weighted by Gasteiger charge is 2.20. The van der Waals surface area contributed by atoms with Gasteiger partial charge in [-0.1, -0.05) is 59.2 Å². The minimum Gasteiger partial charge on any atom is -0.434 e. The molecule has 2 aromatic heterocycles. The fraction of sp³-hybridized carbons (Fsp3) is 0.250. The van der Waals surface area contributed by atoms with E-state index >= 15 is 0 Å². The molecule has 0 radical (unpaired) electrons. The predicted molar refractivity (Wildman–Crippen MR) is 163 cm³/mol. The summed E-state index contributed by atoms with van der Waals surface area (Å²) in [5.74, 6) is 1.05. The Kier molecular flexibility index (Phi) is 7.89. The van der Waals surface area contributed by atoms with Gasteiger partial charge >= 0.3 is 0 Å². The van der Waals surface area contributed by atoms with Gasteiger partial charge in [-0.25, -0.2) is 9.97 Å². The molecule has 0 saturated carbocycles. The average molecular weight is 591 g/mol. The van der Waals surface area contributed by atoms with Crippen molar-refractivity contribution in [3.63, 3.8) is 0 Å². The summed E-state index contributed by atoms with van der Waals surface area (Å²) in [4.78, 5) is 12.7. The number of aliphatic hydroxyl groups is 1. The first-order valence-electron chi connectivity index (χ1n) is 13.3. The summed E-state index contributed by atoms with van der Waals surface area (Å²) in [6.45, 7) is 4.18. The summed E-state index contributed by atoms with van der Waals surface area (Å²) in [6.07, 6.45) is 4.26. The van der Waals surface area contributed by atoms with Gasteiger partial charge in [0.25, 0.3) is 0 Å². The lowest BCUT2D eigenvalue weighted by Gasteiger charge is -2.29. The molecule has 40 heavy (non-hydrogen) atoms. The number of benzene rings is 3. The van der Waals surface area contributed by atoms with Crippen molar-refractivity contribution in [3.05, 3.63) is 93.6 Å². The molecule has 0 bridgehead atoms. The third kappa shape index (κ3) is 5.39. The first kappa shape index (κ1) is 27.3. The van der Waals surface area contributed by atoms with Crippen molar-refractivity contribution >= 4 is 46.1 Å². The van der Waals surface area contributed by atoms with Gasteiger partial charge in [0, 0.05) is 22.2 Å². The highest BCUT2D eigenvalue weighted by molar-refractivity contribution is 7.99. The Morgan fingerprint density at radius 1 is 1.00 bits per heavy atom. The van der Waals surface area contributed by atoms with Crippen LogP contribution in [0.3, 0.4) is 0 Å². The highest BCUT2D eigenvalue weighted by Crippen LogP contribution is 2.42. The van der Waals surface area contributed by atoms with E-state index in [1.165, 1.54) is 18.4 Å². The van der Waals surface area contributed by atoms with Crippen molar-refractivity contribution in [3.8, 4) is 22.6 Å². The number of pyridine rings is 1. The van der Waals surface area contributed by atoms with E-state index in [1.54, 1.807) is 23.9 Å². The monoisotopic (exact) mass is 589 g/mol. The number of oxazole rings is 1. The minimum atomic E-state index is -0.114. The molecule has 0 spiro atoms. The number of rotatable bonds is 6. The number of hydrogen-bond donors (Lipinski definition) is 1. The number of aliphatic hydroxyl groups excluding tert-OH is 1. The van der Waals surface area contributed by atoms with E-state index in [0.717, 1.165) is 45.3 Å². The third-order valence-electron chi connectivity index (χ3n) is 7.67. The molecule has 1 N–H and O–H groups in total. The second kappa shape index (κ2) is 11.6. The Bertz CT molecular complexity index is 1700. The zero-order chi connectivity index (χ0) is 27.8. The van der Waals surface area contributed by atoms with Crippen LogP contribution < -0.4 is 0 Å². The van der Waals surface area contributed by atoms with Gasteiger partial charge in [-0.3, -0.25) is 0 Å². The molecule has 6 rings (SSSR count). The molecular weight excluding hydrogens is 561 g/mol. The van der Waals surface area contributed by atoms with Crippen LogP contribution in [0.1, 0.15) is 35.4 Å². The molecule has 5 nitrogen and oxygen atoms in total. The van der Waals surface area contributed by atoms with Gasteiger partial charge in [0.1, 0.15) is 10.5 Å². The molecular formula is C32H29Cl2N3O2S. The lowest BCUT2D eigenvalue weighted by atomic mass is 9.90. The molecule has 1 saturated heterocycles. The lowest BCUT2D eigenvalue weighted by molar-refractivity contribution is 0.255. The van der Waals surface area contributed by atoms with Crippen molar-refractivity contribution < 1.29 is 9.52 Å². The molecule has 3 aromatic carbocycles. The summed E-state index contributed by atoms with van der Waals surface area (Å²) in [5, 5.41) is 11.6. The zero-order valence-electron chi connectivity index (χ0n) is 22.3. The van der Waals surface area contributed by atoms with E-state index in [1.807, 2.05) is 43.5 Å². The van der Waals surface area contributed by atoms with Crippen molar-refractivity contribution in [2.45, 2.75) is 42.2 Å². The summed E-state index contributed by atoms with van der Waals surface area (Å²) in [7, 11) is 2.19. The van der Waals surface area contributed by atoms with E-state index in [2.05, 4.69) is 40.1 Å². The van der Waals surface area contributed by atoms with E-state index in [9.17, 15) is 5.11 Å². The maximum atomic E-state index is 9.54. The van der Waals surface area contributed by atoms with Crippen molar-refractivity contribution in [2.75, 3.05) is 20.1 Å². The number of halogens is 2. The Labute approximate surface area is 248 Å². The molecule has 0 unspecified atom stereocenters. The predicted octanol–water partition coefficient (Wildman–Crippen LogP) is 8.62. The first-order chi connectivity index (χ1) is 19.4. The molecule has 3 heterocycles. The molecule has 8 heteroatoms. The number of hydrogen-bond acceptors (Lipinski definition) is 6. The molecule has 0 amide bonds. The largest absolute Gasteiger partial charge is 0.434 e. The van der Waals surface area contributed by atoms with Crippen LogP contribution in [0, 0.1) is 6.92 Å². The highest BCUT2D eigenvalue weighted by atomic mass is 35.5. The number of fused-ring (bicyclic) bond motifs is 1. The summed E-state index contributed by atoms with van der Waals surface area (Å²) in [6, 6.07) is 20.0. The van der Waals surface area contributed by atoms with Gasteiger partial charge < -0.3 is 14.4 Å². The standard InChI is InChI=1S/C32H29Cl2N3O2S/c1-19-23(5-3-6-24(19)32-36-27-16-20(18-38)15-26(33)31(27)39-32)25-7-4-8-28(30(25)34)40-29-17-22(9-12-35-29)21-10-13-37(2)14-11-21/h3-9,12,15-17,21,38H,10-11,13-14,18H2,1-2H3. The van der Waals surface area contributed by atoms with Crippen molar-refractivity contribution in [1.29, 1.82) is 0 Å². The first-order valence-corrected chi connectivity index (χ1v) is 14.9. The maximum absolute atomic E-state index is 9.54. The minimum absolute atomic E-state index is 0.114. The Morgan fingerprint density at radius 2 is 1.75 bits per heavy atom. The topological polar surface area (TPSA) is 62.4 Å². The Morgan fingerprint density at radius 3 is 2.55 bits per heavy atom. The van der Waals surface area contributed by atoms with Crippen LogP contribution in [0.25, 0.3) is 33.7 Å². The van der Waals surface area contributed by atoms with Crippen LogP contribution in [0.2, 0.25) is 10.0 Å². The Balaban J connectivity index is 1.32. The van der Waals surface area contributed by atoms with E-state index in [0.29, 0.717) is 38.5 Å². The zero-order valence-corrected chi connectivity index (χ0v) is 24.7. The lowest BCUT2D eigenvalue weighted by Crippen LogP contribution is -2.29.